The molecule has 3 aromatic rings. The van der Waals surface area contributed by atoms with Crippen LogP contribution in [0.4, 0.5) is 0 Å². The van der Waals surface area contributed by atoms with Crippen LogP contribution in [0.1, 0.15) is 56.9 Å². The van der Waals surface area contributed by atoms with E-state index in [1.54, 1.807) is 12.1 Å². The summed E-state index contributed by atoms with van der Waals surface area (Å²) in [6.45, 7) is 9.99. The monoisotopic (exact) mass is 582 g/mol. The average molecular weight is 583 g/mol. The van der Waals surface area contributed by atoms with E-state index >= 15 is 0 Å². The molecule has 0 spiro atoms. The second-order valence-electron chi connectivity index (χ2n) is 11.2. The van der Waals surface area contributed by atoms with Gasteiger partial charge in [-0.1, -0.05) is 75.4 Å². The van der Waals surface area contributed by atoms with Gasteiger partial charge in [0.05, 0.1) is 24.4 Å². The van der Waals surface area contributed by atoms with Gasteiger partial charge in [-0.05, 0) is 89.6 Å². The van der Waals surface area contributed by atoms with E-state index in [1.165, 1.54) is 45.5 Å². The lowest BCUT2D eigenvalue weighted by atomic mass is 9.75. The molecule has 0 atom stereocenters. The zero-order valence-corrected chi connectivity index (χ0v) is 25.5. The number of esters is 2. The van der Waals surface area contributed by atoms with Crippen molar-refractivity contribution in [2.45, 2.75) is 51.4 Å². The molecule has 0 unspecified atom stereocenters. The van der Waals surface area contributed by atoms with Crippen molar-refractivity contribution in [1.29, 1.82) is 0 Å². The van der Waals surface area contributed by atoms with Crippen LogP contribution in [-0.2, 0) is 19.1 Å². The number of carbonyl (C=O) groups is 2. The molecule has 0 radical (unpaired) electrons. The van der Waals surface area contributed by atoms with Crippen molar-refractivity contribution in [2.75, 3.05) is 27.4 Å². The zero-order valence-electron chi connectivity index (χ0n) is 25.5. The minimum atomic E-state index is -0.505. The minimum Gasteiger partial charge on any atom is -0.423 e. The lowest BCUT2D eigenvalue weighted by molar-refractivity contribution is -0.131. The zero-order chi connectivity index (χ0) is 30.8. The summed E-state index contributed by atoms with van der Waals surface area (Å²) < 4.78 is 21.1. The molecule has 0 amide bonds. The van der Waals surface area contributed by atoms with Gasteiger partial charge < -0.3 is 18.9 Å². The van der Waals surface area contributed by atoms with Crippen LogP contribution in [0.5, 0.6) is 11.5 Å². The summed E-state index contributed by atoms with van der Waals surface area (Å²) in [6.07, 6.45) is 7.20. The molecule has 43 heavy (non-hydrogen) atoms. The van der Waals surface area contributed by atoms with Crippen molar-refractivity contribution in [1.82, 2.24) is 0 Å². The van der Waals surface area contributed by atoms with Crippen LogP contribution in [0.25, 0.3) is 22.3 Å². The Bertz CT molecular complexity index is 1410. The Hall–Kier alpha value is -4.00. The molecule has 0 aliphatic heterocycles. The summed E-state index contributed by atoms with van der Waals surface area (Å²) in [5.41, 5.74) is 6.08. The first-order chi connectivity index (χ1) is 20.8. The fourth-order valence-corrected chi connectivity index (χ4v) is 5.76. The second-order valence-corrected chi connectivity index (χ2v) is 11.2. The predicted octanol–water partition coefficient (Wildman–Crippen LogP) is 8.31. The Morgan fingerprint density at radius 1 is 0.698 bits per heavy atom. The Morgan fingerprint density at radius 2 is 1.19 bits per heavy atom. The van der Waals surface area contributed by atoms with Crippen LogP contribution in [0, 0.1) is 5.92 Å². The van der Waals surface area contributed by atoms with E-state index in [2.05, 4.69) is 50.4 Å². The lowest BCUT2D eigenvalue weighted by Crippen LogP contribution is -2.16. The van der Waals surface area contributed by atoms with Crippen molar-refractivity contribution in [3.05, 3.63) is 96.6 Å². The summed E-state index contributed by atoms with van der Waals surface area (Å²) in [4.78, 5) is 24.6. The highest BCUT2D eigenvalue weighted by Gasteiger charge is 2.25. The predicted molar refractivity (Wildman–Crippen MR) is 170 cm³/mol. The van der Waals surface area contributed by atoms with Gasteiger partial charge in [-0.25, -0.2) is 9.59 Å². The molecule has 0 N–H and O–H groups in total. The van der Waals surface area contributed by atoms with Crippen LogP contribution >= 0.6 is 0 Å². The molecule has 1 aliphatic carbocycles. The molecular formula is C37H42O6. The van der Waals surface area contributed by atoms with Crippen LogP contribution in [-0.4, -0.2) is 39.4 Å². The quantitative estimate of drug-likeness (QED) is 0.115. The lowest BCUT2D eigenvalue weighted by Gasteiger charge is -2.30. The standard InChI is InChI=1S/C37H42O6/c1-6-7-27-8-10-31(11-9-27)35-22-33(43-37(39)26(3)24-41-5)20-21-34(35)30-14-12-28(13-15-30)29-16-18-32(19-17-29)42-36(38)25(2)23-40-4/h12-22,27,31H,2-3,6-11,23-24H2,1,4-5H3. The molecule has 0 aromatic heterocycles. The largest absolute Gasteiger partial charge is 0.423 e. The van der Waals surface area contributed by atoms with Crippen molar-refractivity contribution in [3.8, 4) is 33.8 Å². The van der Waals surface area contributed by atoms with E-state index < -0.39 is 11.9 Å². The van der Waals surface area contributed by atoms with Gasteiger partial charge >= 0.3 is 11.9 Å². The molecule has 1 fully saturated rings. The summed E-state index contributed by atoms with van der Waals surface area (Å²) in [5.74, 6) is 1.19. The third-order valence-electron chi connectivity index (χ3n) is 8.03. The molecule has 0 heterocycles. The number of rotatable bonds is 13. The van der Waals surface area contributed by atoms with E-state index in [0.717, 1.165) is 41.0 Å². The van der Waals surface area contributed by atoms with Crippen molar-refractivity contribution < 1.29 is 28.5 Å². The molecule has 6 heteroatoms. The van der Waals surface area contributed by atoms with Crippen LogP contribution < -0.4 is 9.47 Å². The number of hydrogen-bond donors (Lipinski definition) is 0. The molecule has 0 bridgehead atoms. The Balaban J connectivity index is 1.55. The molecule has 1 aliphatic rings. The molecule has 3 aromatic carbocycles. The SMILES string of the molecule is C=C(COC)C(=O)Oc1ccc(-c2ccc(-c3ccc(OC(=O)C(=C)COC)cc3C3CCC(CCC)CC3)cc2)cc1. The van der Waals surface area contributed by atoms with E-state index in [9.17, 15) is 9.59 Å². The fourth-order valence-electron chi connectivity index (χ4n) is 5.76. The number of carbonyl (C=O) groups excluding carboxylic acids is 2. The number of hydrogen-bond acceptors (Lipinski definition) is 6. The van der Waals surface area contributed by atoms with Crippen LogP contribution in [0.15, 0.2) is 91.0 Å². The highest BCUT2D eigenvalue weighted by molar-refractivity contribution is 5.90. The smallest absolute Gasteiger partial charge is 0.341 e. The highest BCUT2D eigenvalue weighted by atomic mass is 16.5. The van der Waals surface area contributed by atoms with E-state index in [1.807, 2.05) is 24.3 Å². The number of methoxy groups -OCH3 is 2. The topological polar surface area (TPSA) is 71.1 Å². The van der Waals surface area contributed by atoms with Crippen LogP contribution in [0.2, 0.25) is 0 Å². The second kappa shape index (κ2) is 15.5. The third-order valence-corrected chi connectivity index (χ3v) is 8.03. The van der Waals surface area contributed by atoms with E-state index in [0.29, 0.717) is 17.4 Å². The molecule has 4 rings (SSSR count). The minimum absolute atomic E-state index is 0.128. The maximum absolute atomic E-state index is 12.5. The first-order valence-corrected chi connectivity index (χ1v) is 15.0. The van der Waals surface area contributed by atoms with Crippen LogP contribution in [0.3, 0.4) is 0 Å². The average Bonchev–Trinajstić information content (AvgIpc) is 3.02. The molecule has 226 valence electrons. The number of benzene rings is 3. The Morgan fingerprint density at radius 3 is 1.72 bits per heavy atom. The van der Waals surface area contributed by atoms with Gasteiger partial charge in [-0.15, -0.1) is 0 Å². The van der Waals surface area contributed by atoms with Gasteiger partial charge in [0.15, 0.2) is 0 Å². The summed E-state index contributed by atoms with van der Waals surface area (Å²) in [5, 5.41) is 0. The van der Waals surface area contributed by atoms with Gasteiger partial charge in [0.2, 0.25) is 0 Å². The highest BCUT2D eigenvalue weighted by Crippen LogP contribution is 2.42. The third kappa shape index (κ3) is 8.53. The van der Waals surface area contributed by atoms with Gasteiger partial charge in [-0.3, -0.25) is 0 Å². The fraction of sp³-hybridized carbons (Fsp3) is 0.351. The van der Waals surface area contributed by atoms with Gasteiger partial charge in [0.1, 0.15) is 11.5 Å². The summed E-state index contributed by atoms with van der Waals surface area (Å²) >= 11 is 0. The van der Waals surface area contributed by atoms with Crippen molar-refractivity contribution in [3.63, 3.8) is 0 Å². The Labute approximate surface area is 255 Å². The van der Waals surface area contributed by atoms with Crippen molar-refractivity contribution in [2.24, 2.45) is 5.92 Å². The van der Waals surface area contributed by atoms with Crippen molar-refractivity contribution >= 4 is 11.9 Å². The van der Waals surface area contributed by atoms with Gasteiger partial charge in [0.25, 0.3) is 0 Å². The summed E-state index contributed by atoms with van der Waals surface area (Å²) in [6, 6.07) is 21.8. The van der Waals surface area contributed by atoms with E-state index in [4.69, 9.17) is 18.9 Å². The van der Waals surface area contributed by atoms with E-state index in [-0.39, 0.29) is 24.4 Å². The molecule has 0 saturated heterocycles. The Kier molecular flexibility index (Phi) is 11.5. The number of ether oxygens (including phenoxy) is 4. The molecule has 1 saturated carbocycles. The first kappa shape index (κ1) is 31.9. The van der Waals surface area contributed by atoms with Gasteiger partial charge in [0, 0.05) is 14.2 Å². The molecule has 6 nitrogen and oxygen atoms in total. The maximum Gasteiger partial charge on any atom is 0.341 e. The maximum atomic E-state index is 12.5. The first-order valence-electron chi connectivity index (χ1n) is 15.0. The summed E-state index contributed by atoms with van der Waals surface area (Å²) in [7, 11) is 3.03. The molecular weight excluding hydrogens is 540 g/mol. The van der Waals surface area contributed by atoms with Gasteiger partial charge in [-0.2, -0.15) is 0 Å². The normalized spacial score (nSPS) is 16.3.